The first-order valence-corrected chi connectivity index (χ1v) is 15.6. The number of hydroxylamine groups is 1. The Labute approximate surface area is 275 Å². The summed E-state index contributed by atoms with van der Waals surface area (Å²) in [5.41, 5.74) is 4.61. The molecule has 248 valence electrons. The normalized spacial score (nSPS) is 10.9. The molecule has 0 saturated heterocycles. The number of benzene rings is 3. The van der Waals surface area contributed by atoms with Crippen molar-refractivity contribution in [2.24, 2.45) is 0 Å². The van der Waals surface area contributed by atoms with Gasteiger partial charge in [0.2, 0.25) is 0 Å². The van der Waals surface area contributed by atoms with Gasteiger partial charge in [0.05, 0.1) is 32.4 Å². The van der Waals surface area contributed by atoms with Crippen LogP contribution in [0.3, 0.4) is 0 Å². The number of anilines is 2. The number of nitrogens with zero attached hydrogens (tertiary/aromatic N) is 2. The van der Waals surface area contributed by atoms with Gasteiger partial charge >= 0.3 is 18.1 Å². The fraction of sp³-hybridized carbons (Fsp3) is 0.265. The fourth-order valence-corrected chi connectivity index (χ4v) is 6.17. The Morgan fingerprint density at radius 3 is 2.09 bits per heavy atom. The number of carbonyl (C=O) groups is 3. The van der Waals surface area contributed by atoms with Crippen LogP contribution in [0.25, 0.3) is 10.4 Å². The Morgan fingerprint density at radius 1 is 0.809 bits per heavy atom. The van der Waals surface area contributed by atoms with Crippen LogP contribution in [0.15, 0.2) is 72.8 Å². The van der Waals surface area contributed by atoms with Gasteiger partial charge < -0.3 is 14.8 Å². The minimum absolute atomic E-state index is 0.0140. The van der Waals surface area contributed by atoms with Crippen LogP contribution < -0.4 is 15.7 Å². The Kier molecular flexibility index (Phi) is 12.4. The summed E-state index contributed by atoms with van der Waals surface area (Å²) in [5, 5.41) is 2.75. The predicted molar refractivity (Wildman–Crippen MR) is 176 cm³/mol. The van der Waals surface area contributed by atoms with Crippen molar-refractivity contribution in [1.29, 1.82) is 0 Å². The largest absolute Gasteiger partial charge is 0.462 e. The summed E-state index contributed by atoms with van der Waals surface area (Å²) in [5.74, 6) is -2.40. The van der Waals surface area contributed by atoms with E-state index in [1.165, 1.54) is 13.2 Å². The Morgan fingerprint density at radius 2 is 1.47 bits per heavy atom. The van der Waals surface area contributed by atoms with Crippen LogP contribution in [0.4, 0.5) is 29.1 Å². The molecule has 0 atom stereocenters. The summed E-state index contributed by atoms with van der Waals surface area (Å²) in [6.07, 6.45) is -0.888. The second-order valence-corrected chi connectivity index (χ2v) is 11.3. The third-order valence-corrected chi connectivity index (χ3v) is 8.21. The molecule has 0 aliphatic carbocycles. The van der Waals surface area contributed by atoms with Crippen molar-refractivity contribution in [3.8, 4) is 10.4 Å². The molecule has 2 N–H and O–H groups in total. The third-order valence-electron chi connectivity index (χ3n) is 6.90. The zero-order valence-electron chi connectivity index (χ0n) is 26.5. The van der Waals surface area contributed by atoms with Crippen molar-refractivity contribution < 1.29 is 37.5 Å². The Balaban J connectivity index is 1.89. The molecule has 0 radical (unpaired) electrons. The van der Waals surface area contributed by atoms with Gasteiger partial charge in [-0.05, 0) is 56.3 Å². The molecule has 3 amide bonds. The highest BCUT2D eigenvalue weighted by molar-refractivity contribution is 7.20. The maximum absolute atomic E-state index is 14.9. The average molecular weight is 667 g/mol. The van der Waals surface area contributed by atoms with Crippen LogP contribution in [0.1, 0.15) is 40.9 Å². The summed E-state index contributed by atoms with van der Waals surface area (Å²) in [4.78, 5) is 47.5. The van der Waals surface area contributed by atoms with Gasteiger partial charge in [-0.25, -0.2) is 28.6 Å². The number of halogens is 2. The van der Waals surface area contributed by atoms with Crippen molar-refractivity contribution in [3.05, 3.63) is 107 Å². The van der Waals surface area contributed by atoms with E-state index < -0.39 is 36.3 Å². The van der Waals surface area contributed by atoms with Gasteiger partial charge in [-0.3, -0.25) is 14.6 Å². The minimum Gasteiger partial charge on any atom is -0.462 e. The van der Waals surface area contributed by atoms with Gasteiger partial charge in [0.15, 0.2) is 0 Å². The van der Waals surface area contributed by atoms with Crippen LogP contribution in [0, 0.1) is 11.6 Å². The minimum atomic E-state index is -0.888. The molecule has 4 aromatic rings. The molecule has 1 heterocycles. The number of esters is 1. The molecule has 0 unspecified atom stereocenters. The van der Waals surface area contributed by atoms with E-state index in [2.05, 4.69) is 15.6 Å². The second-order valence-electron chi connectivity index (χ2n) is 10.3. The van der Waals surface area contributed by atoms with Crippen LogP contribution in [-0.2, 0) is 33.9 Å². The lowest BCUT2D eigenvalue weighted by Gasteiger charge is -2.23. The number of hydrogen-bond acceptors (Lipinski definition) is 8. The number of hydrogen-bond donors (Lipinski definition) is 2. The van der Waals surface area contributed by atoms with Gasteiger partial charge in [0.25, 0.3) is 0 Å². The van der Waals surface area contributed by atoms with E-state index in [0.717, 1.165) is 33.9 Å². The van der Waals surface area contributed by atoms with Crippen LogP contribution in [-0.4, -0.2) is 50.4 Å². The molecular weight excluding hydrogens is 630 g/mol. The maximum Gasteiger partial charge on any atom is 0.415 e. The summed E-state index contributed by atoms with van der Waals surface area (Å²) < 4.78 is 40.6. The van der Waals surface area contributed by atoms with Gasteiger partial charge in [0.1, 0.15) is 16.6 Å². The smallest absolute Gasteiger partial charge is 0.415 e. The van der Waals surface area contributed by atoms with Gasteiger partial charge in [-0.2, -0.15) is 0 Å². The monoisotopic (exact) mass is 666 g/mol. The molecule has 13 heteroatoms. The molecule has 47 heavy (non-hydrogen) atoms. The standard InChI is InChI=1S/C34H36F2N4O6S/c1-5-45-32(41)29-26(20-39(3)19-22-11-8-7-9-12-22)30(23-15-17-24(18-16-23)37-33(42)38-44-4)47-31(29)40(34(43)46-6-2)21-25-27(35)13-10-14-28(25)36/h7-18H,5-6,19-21H2,1-4H3,(H2,37,38,42). The molecule has 4 rings (SSSR count). The Hall–Kier alpha value is -4.85. The fourth-order valence-electron chi connectivity index (χ4n) is 4.88. The number of rotatable bonds is 13. The average Bonchev–Trinajstić information content (AvgIpc) is 3.40. The van der Waals surface area contributed by atoms with Crippen LogP contribution >= 0.6 is 11.3 Å². The van der Waals surface area contributed by atoms with E-state index in [4.69, 9.17) is 9.47 Å². The summed E-state index contributed by atoms with van der Waals surface area (Å²) in [6, 6.07) is 19.5. The molecule has 0 fully saturated rings. The van der Waals surface area contributed by atoms with Crippen molar-refractivity contribution in [1.82, 2.24) is 10.4 Å². The van der Waals surface area contributed by atoms with Crippen LogP contribution in [0.2, 0.25) is 0 Å². The molecule has 3 aromatic carbocycles. The van der Waals surface area contributed by atoms with E-state index in [1.54, 1.807) is 38.1 Å². The van der Waals surface area contributed by atoms with E-state index in [-0.39, 0.29) is 35.9 Å². The zero-order valence-corrected chi connectivity index (χ0v) is 27.3. The van der Waals surface area contributed by atoms with Crippen LogP contribution in [0.5, 0.6) is 0 Å². The van der Waals surface area contributed by atoms with E-state index in [1.807, 2.05) is 42.3 Å². The number of carbonyl (C=O) groups excluding carboxylic acids is 3. The molecule has 0 saturated carbocycles. The predicted octanol–water partition coefficient (Wildman–Crippen LogP) is 7.35. The van der Waals surface area contributed by atoms with E-state index >= 15 is 0 Å². The molecule has 0 aliphatic rings. The lowest BCUT2D eigenvalue weighted by Crippen LogP contribution is -2.32. The zero-order chi connectivity index (χ0) is 33.9. The number of nitrogens with one attached hydrogen (secondary N) is 2. The maximum atomic E-state index is 14.9. The van der Waals surface area contributed by atoms with Gasteiger partial charge in [-0.15, -0.1) is 11.3 Å². The number of thiophene rings is 1. The SMILES string of the molecule is CCOC(=O)c1c(N(Cc2c(F)cccc2F)C(=O)OCC)sc(-c2ccc(NC(=O)NOC)cc2)c1CN(C)Cc1ccccc1. The summed E-state index contributed by atoms with van der Waals surface area (Å²) >= 11 is 1.10. The molecule has 10 nitrogen and oxygen atoms in total. The van der Waals surface area contributed by atoms with Gasteiger partial charge in [-0.1, -0.05) is 48.5 Å². The second kappa shape index (κ2) is 16.6. The van der Waals surface area contributed by atoms with Crippen molar-refractivity contribution in [2.45, 2.75) is 33.5 Å². The number of ether oxygens (including phenoxy) is 2. The van der Waals surface area contributed by atoms with Crippen molar-refractivity contribution in [2.75, 3.05) is 37.6 Å². The highest BCUT2D eigenvalue weighted by Crippen LogP contribution is 2.44. The number of amides is 3. The molecule has 0 spiro atoms. The highest BCUT2D eigenvalue weighted by Gasteiger charge is 2.33. The first kappa shape index (κ1) is 35.0. The topological polar surface area (TPSA) is 109 Å². The van der Waals surface area contributed by atoms with E-state index in [0.29, 0.717) is 28.2 Å². The highest BCUT2D eigenvalue weighted by atomic mass is 32.1. The van der Waals surface area contributed by atoms with E-state index in [9.17, 15) is 23.2 Å². The summed E-state index contributed by atoms with van der Waals surface area (Å²) in [7, 11) is 3.21. The first-order chi connectivity index (χ1) is 22.7. The van der Waals surface area contributed by atoms with Gasteiger partial charge in [0, 0.05) is 34.8 Å². The molecule has 1 aromatic heterocycles. The first-order valence-electron chi connectivity index (χ1n) is 14.8. The van der Waals surface area contributed by atoms with Crippen molar-refractivity contribution >= 4 is 40.1 Å². The molecular formula is C34H36F2N4O6S. The quantitative estimate of drug-likeness (QED) is 0.113. The third kappa shape index (κ3) is 8.91. The summed E-state index contributed by atoms with van der Waals surface area (Å²) in [6.45, 7) is 3.55. The molecule has 0 bridgehead atoms. The number of urea groups is 1. The molecule has 0 aliphatic heterocycles. The lowest BCUT2D eigenvalue weighted by molar-refractivity contribution is 0.0525. The van der Waals surface area contributed by atoms with Crippen molar-refractivity contribution in [3.63, 3.8) is 0 Å². The lowest BCUT2D eigenvalue weighted by atomic mass is 10.0. The Bertz CT molecular complexity index is 1660.